The Labute approximate surface area is 303 Å². The fourth-order valence-corrected chi connectivity index (χ4v) is 6.91. The van der Waals surface area contributed by atoms with Crippen LogP contribution in [0.25, 0.3) is 68.6 Å². The number of aromatic amines is 2. The summed E-state index contributed by atoms with van der Waals surface area (Å²) in [4.78, 5) is 30.1. The highest BCUT2D eigenvalue weighted by Gasteiger charge is 2.20. The lowest BCUT2D eigenvalue weighted by Gasteiger charge is -2.14. The van der Waals surface area contributed by atoms with E-state index in [1.807, 2.05) is 36.4 Å². The fraction of sp³-hybridized carbons (Fsp3) is 0.233. The molecule has 0 aliphatic carbocycles. The Bertz CT molecular complexity index is 2340. The monoisotopic (exact) mass is 694 g/mol. The number of aromatic nitrogens is 4. The van der Waals surface area contributed by atoms with Gasteiger partial charge in [0, 0.05) is 38.8 Å². The van der Waals surface area contributed by atoms with Crippen molar-refractivity contribution < 1.29 is 23.7 Å². The predicted octanol–water partition coefficient (Wildman–Crippen LogP) is 9.92. The smallest absolute Gasteiger partial charge is 0.337 e. The minimum atomic E-state index is -0.388. The average Bonchev–Trinajstić information content (AvgIpc) is 4.01. The first-order chi connectivity index (χ1) is 25.4. The third-order valence-corrected chi connectivity index (χ3v) is 9.51. The van der Waals surface area contributed by atoms with E-state index < -0.39 is 0 Å². The minimum absolute atomic E-state index is 0.388. The van der Waals surface area contributed by atoms with Crippen molar-refractivity contribution in [1.29, 1.82) is 0 Å². The molecule has 0 unspecified atom stereocenters. The van der Waals surface area contributed by atoms with E-state index in [1.54, 1.807) is 33.5 Å². The van der Waals surface area contributed by atoms with Gasteiger partial charge in [0.25, 0.3) is 0 Å². The van der Waals surface area contributed by atoms with Gasteiger partial charge in [0.1, 0.15) is 0 Å². The summed E-state index contributed by atoms with van der Waals surface area (Å²) in [6, 6.07) is 21.7. The van der Waals surface area contributed by atoms with Gasteiger partial charge >= 0.3 is 5.97 Å². The highest BCUT2D eigenvalue weighted by atomic mass is 16.5. The van der Waals surface area contributed by atoms with Crippen LogP contribution in [-0.2, 0) is 11.2 Å². The van der Waals surface area contributed by atoms with Crippen LogP contribution in [0.1, 0.15) is 71.3 Å². The Morgan fingerprint density at radius 2 is 1.29 bits per heavy atom. The van der Waals surface area contributed by atoms with E-state index in [-0.39, 0.29) is 5.97 Å². The van der Waals surface area contributed by atoms with Crippen LogP contribution in [0.5, 0.6) is 17.2 Å². The Balaban J connectivity index is 1.56. The van der Waals surface area contributed by atoms with Gasteiger partial charge in [-0.05, 0) is 103 Å². The first-order valence-electron chi connectivity index (χ1n) is 17.6. The van der Waals surface area contributed by atoms with E-state index in [0.29, 0.717) is 22.8 Å². The van der Waals surface area contributed by atoms with Crippen LogP contribution in [0.3, 0.4) is 0 Å². The molecule has 0 saturated heterocycles. The molecular weight excluding hydrogens is 652 g/mol. The van der Waals surface area contributed by atoms with Gasteiger partial charge in [-0.25, -0.2) is 14.8 Å². The summed E-state index contributed by atoms with van der Waals surface area (Å²) in [7, 11) is 6.20. The van der Waals surface area contributed by atoms with Crippen LogP contribution in [0.15, 0.2) is 66.7 Å². The summed E-state index contributed by atoms with van der Waals surface area (Å²) in [6.45, 7) is 2.23. The lowest BCUT2D eigenvalue weighted by molar-refractivity contribution is 0.0600. The topological polar surface area (TPSA) is 111 Å². The van der Waals surface area contributed by atoms with Crippen molar-refractivity contribution in [3.05, 3.63) is 101 Å². The number of rotatable bonds is 11. The van der Waals surface area contributed by atoms with E-state index in [2.05, 4.69) is 59.4 Å². The molecule has 8 bridgehead atoms. The second-order valence-corrected chi connectivity index (χ2v) is 12.8. The number of carbonyl (C=O) groups excluding carboxylic acids is 1. The van der Waals surface area contributed by atoms with Crippen molar-refractivity contribution >= 4 is 52.3 Å². The van der Waals surface area contributed by atoms with Crippen LogP contribution in [0, 0.1) is 0 Å². The SMILES string of the molecule is CCCCCCc1c2nc(cc3ccc([nH]3)c(-c3cc(OC)c(OC)c(OC)c3)c3nc(c(-c4ccc(C(=O)OC)cc4)c4ccc1[nH]4)C=C3)C=C2. The van der Waals surface area contributed by atoms with Gasteiger partial charge in [-0.3, -0.25) is 0 Å². The largest absolute Gasteiger partial charge is 0.493 e. The van der Waals surface area contributed by atoms with Crippen molar-refractivity contribution in [3.8, 4) is 39.5 Å². The highest BCUT2D eigenvalue weighted by molar-refractivity contribution is 5.97. The fourth-order valence-electron chi connectivity index (χ4n) is 6.91. The number of benzene rings is 2. The summed E-state index contributed by atoms with van der Waals surface area (Å²) in [5.74, 6) is 1.19. The number of hydrogen-bond acceptors (Lipinski definition) is 7. The second-order valence-electron chi connectivity index (χ2n) is 12.8. The van der Waals surface area contributed by atoms with E-state index in [0.717, 1.165) is 86.4 Å². The van der Waals surface area contributed by atoms with Crippen molar-refractivity contribution in [2.24, 2.45) is 0 Å². The van der Waals surface area contributed by atoms with E-state index in [9.17, 15) is 4.79 Å². The minimum Gasteiger partial charge on any atom is -0.493 e. The number of aryl methyl sites for hydroxylation is 1. The maximum absolute atomic E-state index is 12.3. The zero-order chi connectivity index (χ0) is 36.2. The zero-order valence-corrected chi connectivity index (χ0v) is 30.1. The molecule has 264 valence electrons. The summed E-state index contributed by atoms with van der Waals surface area (Å²) in [5, 5.41) is 0. The van der Waals surface area contributed by atoms with Crippen molar-refractivity contribution in [2.75, 3.05) is 28.4 Å². The van der Waals surface area contributed by atoms with Crippen LogP contribution in [0.4, 0.5) is 0 Å². The number of fused-ring (bicyclic) bond motifs is 8. The molecule has 0 fully saturated rings. The highest BCUT2D eigenvalue weighted by Crippen LogP contribution is 2.43. The molecule has 9 nitrogen and oxygen atoms in total. The number of nitrogens with one attached hydrogen (secondary N) is 2. The molecule has 7 rings (SSSR count). The molecule has 0 radical (unpaired) electrons. The lowest BCUT2D eigenvalue weighted by atomic mass is 10.0. The van der Waals surface area contributed by atoms with Crippen LogP contribution < -0.4 is 14.2 Å². The molecule has 5 aromatic rings. The second kappa shape index (κ2) is 15.0. The molecular formula is C43H42N4O5. The number of methoxy groups -OCH3 is 4. The number of hydrogen-bond donors (Lipinski definition) is 2. The molecule has 5 heterocycles. The van der Waals surface area contributed by atoms with Crippen molar-refractivity contribution in [1.82, 2.24) is 19.9 Å². The summed E-state index contributed by atoms with van der Waals surface area (Å²) >= 11 is 0. The van der Waals surface area contributed by atoms with Crippen molar-refractivity contribution in [3.63, 3.8) is 0 Å². The third kappa shape index (κ3) is 6.69. The molecule has 0 amide bonds. The Kier molecular flexibility index (Phi) is 9.93. The molecule has 2 aliphatic rings. The predicted molar refractivity (Wildman–Crippen MR) is 209 cm³/mol. The van der Waals surface area contributed by atoms with E-state index >= 15 is 0 Å². The molecule has 0 saturated carbocycles. The number of H-pyrrole nitrogens is 2. The zero-order valence-electron chi connectivity index (χ0n) is 30.1. The van der Waals surface area contributed by atoms with Gasteiger partial charge in [-0.15, -0.1) is 0 Å². The number of unbranched alkanes of at least 4 members (excludes halogenated alkanes) is 3. The van der Waals surface area contributed by atoms with Crippen LogP contribution in [-0.4, -0.2) is 54.3 Å². The Morgan fingerprint density at radius 3 is 1.96 bits per heavy atom. The van der Waals surface area contributed by atoms with Gasteiger partial charge in [-0.1, -0.05) is 38.3 Å². The number of nitrogens with zero attached hydrogens (tertiary/aromatic N) is 2. The number of ether oxygens (including phenoxy) is 4. The molecule has 0 atom stereocenters. The normalized spacial score (nSPS) is 11.9. The van der Waals surface area contributed by atoms with Crippen molar-refractivity contribution in [2.45, 2.75) is 39.0 Å². The first-order valence-corrected chi connectivity index (χ1v) is 17.6. The third-order valence-electron chi connectivity index (χ3n) is 9.51. The molecule has 2 aliphatic heterocycles. The Morgan fingerprint density at radius 1 is 0.635 bits per heavy atom. The quantitative estimate of drug-likeness (QED) is 0.102. The summed E-state index contributed by atoms with van der Waals surface area (Å²) in [6.07, 6.45) is 13.7. The molecule has 3 aromatic heterocycles. The molecule has 9 heteroatoms. The number of esters is 1. The maximum atomic E-state index is 12.3. The van der Waals surface area contributed by atoms with E-state index in [1.165, 1.54) is 25.5 Å². The average molecular weight is 695 g/mol. The molecule has 2 aromatic carbocycles. The first kappa shape index (κ1) is 34.4. The van der Waals surface area contributed by atoms with Gasteiger partial charge in [0.15, 0.2) is 11.5 Å². The summed E-state index contributed by atoms with van der Waals surface area (Å²) < 4.78 is 22.1. The Hall–Kier alpha value is -6.09. The van der Waals surface area contributed by atoms with Crippen LogP contribution in [0.2, 0.25) is 0 Å². The van der Waals surface area contributed by atoms with Crippen LogP contribution >= 0.6 is 0 Å². The molecule has 2 N–H and O–H groups in total. The van der Waals surface area contributed by atoms with Gasteiger partial charge in [0.05, 0.1) is 56.8 Å². The van der Waals surface area contributed by atoms with Gasteiger partial charge < -0.3 is 28.9 Å². The summed E-state index contributed by atoms with van der Waals surface area (Å²) in [5.41, 5.74) is 12.2. The van der Waals surface area contributed by atoms with Gasteiger partial charge in [-0.2, -0.15) is 0 Å². The maximum Gasteiger partial charge on any atom is 0.337 e. The van der Waals surface area contributed by atoms with Gasteiger partial charge in [0.2, 0.25) is 5.75 Å². The molecule has 52 heavy (non-hydrogen) atoms. The molecule has 0 spiro atoms. The standard InChI is InChI=1S/C43H42N4O5/c1-6-7-8-9-10-31-32-17-15-29(44-32)25-30-16-18-34(45-30)41(28-23-38(49-2)42(51-4)39(24-28)50-3)37-22-21-36(47-37)40(35-20-19-33(31)46-35)26-11-13-27(14-12-26)43(48)52-5/h11-25,45-46H,6-10H2,1-5H3. The number of carbonyl (C=O) groups is 1. The van der Waals surface area contributed by atoms with E-state index in [4.69, 9.17) is 28.9 Å². The lowest BCUT2D eigenvalue weighted by Crippen LogP contribution is -2.00.